The van der Waals surface area contributed by atoms with Crippen LogP contribution in [0.3, 0.4) is 0 Å². The number of nitrogens with one attached hydrogen (secondary N) is 1. The third-order valence-corrected chi connectivity index (χ3v) is 3.42. The van der Waals surface area contributed by atoms with E-state index in [2.05, 4.69) is 10.5 Å². The maximum Gasteiger partial charge on any atom is 0.273 e. The molecule has 5 heteroatoms. The number of rotatable bonds is 7. The second kappa shape index (κ2) is 8.72. The van der Waals surface area contributed by atoms with Gasteiger partial charge in [-0.25, -0.2) is 0 Å². The van der Waals surface area contributed by atoms with Crippen molar-refractivity contribution in [1.29, 1.82) is 0 Å². The molecule has 0 fully saturated rings. The predicted molar refractivity (Wildman–Crippen MR) is 94.2 cm³/mol. The van der Waals surface area contributed by atoms with Gasteiger partial charge in [-0.05, 0) is 31.5 Å². The van der Waals surface area contributed by atoms with Gasteiger partial charge in [-0.15, -0.1) is 0 Å². The number of amides is 1. The van der Waals surface area contributed by atoms with Crippen molar-refractivity contribution in [2.75, 3.05) is 13.7 Å². The highest BCUT2D eigenvalue weighted by Crippen LogP contribution is 2.17. The number of aryl methyl sites for hydroxylation is 1. The summed E-state index contributed by atoms with van der Waals surface area (Å²) in [5.74, 6) is 0.501. The normalized spacial score (nSPS) is 11.0. The van der Waals surface area contributed by atoms with Crippen LogP contribution in [0.4, 0.5) is 0 Å². The largest absolute Gasteiger partial charge is 0.489 e. The van der Waals surface area contributed by atoms with Crippen LogP contribution in [0.5, 0.6) is 5.75 Å². The Balaban J connectivity index is 2.23. The van der Waals surface area contributed by atoms with Gasteiger partial charge >= 0.3 is 0 Å². The molecule has 0 saturated carbocycles. The standard InChI is InChI=1S/C19H22N2O3/c1-4-20-19(22)18(21-23-3)17-8-6-5-7-15(17)13-24-16-11-9-14(2)10-12-16/h5-12H,4,13H2,1-3H3,(H,20,22)/b21-18+. The van der Waals surface area contributed by atoms with Gasteiger partial charge in [0.05, 0.1) is 0 Å². The van der Waals surface area contributed by atoms with E-state index in [1.54, 1.807) is 0 Å². The lowest BCUT2D eigenvalue weighted by molar-refractivity contribution is -0.114. The molecular weight excluding hydrogens is 304 g/mol. The molecule has 5 nitrogen and oxygen atoms in total. The molecule has 0 aromatic heterocycles. The average Bonchev–Trinajstić information content (AvgIpc) is 2.60. The summed E-state index contributed by atoms with van der Waals surface area (Å²) >= 11 is 0. The molecule has 0 radical (unpaired) electrons. The zero-order valence-corrected chi connectivity index (χ0v) is 14.2. The van der Waals surface area contributed by atoms with Crippen LogP contribution >= 0.6 is 0 Å². The highest BCUT2D eigenvalue weighted by atomic mass is 16.6. The van der Waals surface area contributed by atoms with E-state index in [0.717, 1.165) is 11.3 Å². The van der Waals surface area contributed by atoms with Crippen LogP contribution < -0.4 is 10.1 Å². The second-order valence-corrected chi connectivity index (χ2v) is 5.24. The van der Waals surface area contributed by atoms with Gasteiger partial charge in [-0.1, -0.05) is 47.1 Å². The zero-order valence-electron chi connectivity index (χ0n) is 14.2. The maximum atomic E-state index is 12.2. The Kier molecular flexibility index (Phi) is 6.37. The minimum Gasteiger partial charge on any atom is -0.489 e. The van der Waals surface area contributed by atoms with Crippen LogP contribution in [-0.2, 0) is 16.2 Å². The van der Waals surface area contributed by atoms with Crippen LogP contribution in [0.25, 0.3) is 0 Å². The lowest BCUT2D eigenvalue weighted by atomic mass is 10.0. The molecule has 126 valence electrons. The van der Waals surface area contributed by atoms with E-state index >= 15 is 0 Å². The monoisotopic (exact) mass is 326 g/mol. The van der Waals surface area contributed by atoms with Crippen molar-refractivity contribution in [1.82, 2.24) is 5.32 Å². The van der Waals surface area contributed by atoms with E-state index in [9.17, 15) is 4.79 Å². The van der Waals surface area contributed by atoms with Gasteiger partial charge in [0.15, 0.2) is 5.71 Å². The fourth-order valence-corrected chi connectivity index (χ4v) is 2.22. The number of carbonyl (C=O) groups excluding carboxylic acids is 1. The summed E-state index contributed by atoms with van der Waals surface area (Å²) in [6, 6.07) is 15.3. The molecule has 0 atom stereocenters. The Hall–Kier alpha value is -2.82. The highest BCUT2D eigenvalue weighted by molar-refractivity contribution is 6.45. The fourth-order valence-electron chi connectivity index (χ4n) is 2.22. The van der Waals surface area contributed by atoms with Crippen molar-refractivity contribution in [2.45, 2.75) is 20.5 Å². The van der Waals surface area contributed by atoms with Gasteiger partial charge < -0.3 is 14.9 Å². The van der Waals surface area contributed by atoms with Crippen LogP contribution in [0.15, 0.2) is 53.7 Å². The molecule has 0 aliphatic heterocycles. The molecule has 0 spiro atoms. The Morgan fingerprint density at radius 2 is 1.83 bits per heavy atom. The molecule has 2 aromatic rings. The van der Waals surface area contributed by atoms with E-state index in [-0.39, 0.29) is 11.6 Å². The topological polar surface area (TPSA) is 59.9 Å². The summed E-state index contributed by atoms with van der Waals surface area (Å²) in [7, 11) is 1.42. The Morgan fingerprint density at radius 1 is 1.12 bits per heavy atom. The van der Waals surface area contributed by atoms with Gasteiger partial charge in [-0.3, -0.25) is 4.79 Å². The summed E-state index contributed by atoms with van der Waals surface area (Å²) in [5, 5.41) is 6.63. The number of ether oxygens (including phenoxy) is 1. The molecule has 24 heavy (non-hydrogen) atoms. The van der Waals surface area contributed by atoms with Crippen molar-refractivity contribution in [2.24, 2.45) is 5.16 Å². The minimum atomic E-state index is -0.276. The molecule has 0 heterocycles. The molecule has 0 unspecified atom stereocenters. The van der Waals surface area contributed by atoms with Gasteiger partial charge in [0.2, 0.25) is 0 Å². The molecule has 2 aromatic carbocycles. The lowest BCUT2D eigenvalue weighted by Gasteiger charge is -2.12. The van der Waals surface area contributed by atoms with Crippen molar-refractivity contribution in [3.05, 3.63) is 65.2 Å². The lowest BCUT2D eigenvalue weighted by Crippen LogP contribution is -2.32. The maximum absolute atomic E-state index is 12.2. The van der Waals surface area contributed by atoms with E-state index < -0.39 is 0 Å². The van der Waals surface area contributed by atoms with E-state index in [4.69, 9.17) is 9.57 Å². The zero-order chi connectivity index (χ0) is 17.4. The molecule has 0 aliphatic carbocycles. The van der Waals surface area contributed by atoms with Crippen molar-refractivity contribution < 1.29 is 14.4 Å². The summed E-state index contributed by atoms with van der Waals surface area (Å²) in [6.07, 6.45) is 0. The van der Waals surface area contributed by atoms with Gasteiger partial charge in [-0.2, -0.15) is 0 Å². The number of carbonyl (C=O) groups is 1. The average molecular weight is 326 g/mol. The third kappa shape index (κ3) is 4.59. The number of hydrogen-bond acceptors (Lipinski definition) is 4. The van der Waals surface area contributed by atoms with E-state index in [1.807, 2.05) is 62.4 Å². The van der Waals surface area contributed by atoms with Crippen LogP contribution in [-0.4, -0.2) is 25.3 Å². The van der Waals surface area contributed by atoms with Crippen molar-refractivity contribution in [3.63, 3.8) is 0 Å². The third-order valence-electron chi connectivity index (χ3n) is 3.42. The van der Waals surface area contributed by atoms with Crippen molar-refractivity contribution >= 4 is 11.6 Å². The SMILES string of the molecule is CCNC(=O)/C(=N/OC)c1ccccc1COc1ccc(C)cc1. The fraction of sp³-hybridized carbons (Fsp3) is 0.263. The number of nitrogens with zero attached hydrogens (tertiary/aromatic N) is 1. The summed E-state index contributed by atoms with van der Waals surface area (Å²) in [6.45, 7) is 4.73. The molecule has 0 saturated heterocycles. The Bertz CT molecular complexity index is 709. The van der Waals surface area contributed by atoms with Crippen molar-refractivity contribution in [3.8, 4) is 5.75 Å². The molecular formula is C19H22N2O3. The summed E-state index contributed by atoms with van der Waals surface area (Å²) < 4.78 is 5.83. The van der Waals surface area contributed by atoms with Gasteiger partial charge in [0.25, 0.3) is 5.91 Å². The first-order valence-electron chi connectivity index (χ1n) is 7.82. The quantitative estimate of drug-likeness (QED) is 0.628. The summed E-state index contributed by atoms with van der Waals surface area (Å²) in [5.41, 5.74) is 2.97. The number of hydrogen-bond donors (Lipinski definition) is 1. The smallest absolute Gasteiger partial charge is 0.273 e. The first-order chi connectivity index (χ1) is 11.7. The van der Waals surface area contributed by atoms with Crippen LogP contribution in [0.1, 0.15) is 23.6 Å². The van der Waals surface area contributed by atoms with Crippen LogP contribution in [0, 0.1) is 6.92 Å². The number of oxime groups is 1. The molecule has 2 rings (SSSR count). The van der Waals surface area contributed by atoms with Gasteiger partial charge in [0.1, 0.15) is 19.5 Å². The summed E-state index contributed by atoms with van der Waals surface area (Å²) in [4.78, 5) is 17.1. The molecule has 0 bridgehead atoms. The second-order valence-electron chi connectivity index (χ2n) is 5.24. The van der Waals surface area contributed by atoms with E-state index in [0.29, 0.717) is 18.7 Å². The van der Waals surface area contributed by atoms with Gasteiger partial charge in [0, 0.05) is 12.1 Å². The highest BCUT2D eigenvalue weighted by Gasteiger charge is 2.18. The van der Waals surface area contributed by atoms with Crippen LogP contribution in [0.2, 0.25) is 0 Å². The first kappa shape index (κ1) is 17.5. The molecule has 1 amide bonds. The Morgan fingerprint density at radius 3 is 2.50 bits per heavy atom. The first-order valence-corrected chi connectivity index (χ1v) is 7.82. The molecule has 1 N–H and O–H groups in total. The predicted octanol–water partition coefficient (Wildman–Crippen LogP) is 3.06. The number of likely N-dealkylation sites (N-methyl/N-ethyl adjacent to an activating group) is 1. The minimum absolute atomic E-state index is 0.238. The molecule has 0 aliphatic rings. The Labute approximate surface area is 142 Å². The number of benzene rings is 2. The van der Waals surface area contributed by atoms with E-state index in [1.165, 1.54) is 12.7 Å².